The third-order valence-electron chi connectivity index (χ3n) is 4.75. The zero-order chi connectivity index (χ0) is 20.9. The van der Waals surface area contributed by atoms with Crippen LogP contribution in [0.25, 0.3) is 0 Å². The second-order valence-electron chi connectivity index (χ2n) is 6.77. The molecule has 2 N–H and O–H groups in total. The van der Waals surface area contributed by atoms with E-state index in [1.165, 1.54) is 11.8 Å². The van der Waals surface area contributed by atoms with Gasteiger partial charge in [0.15, 0.2) is 5.16 Å². The summed E-state index contributed by atoms with van der Waals surface area (Å²) in [7, 11) is 0. The lowest BCUT2D eigenvalue weighted by atomic mass is 9.87. The summed E-state index contributed by atoms with van der Waals surface area (Å²) >= 11 is 1.42. The van der Waals surface area contributed by atoms with E-state index in [2.05, 4.69) is 21.2 Å². The molecule has 1 atom stereocenters. The molecule has 150 valence electrons. The van der Waals surface area contributed by atoms with Crippen LogP contribution in [-0.4, -0.2) is 22.5 Å². The second kappa shape index (κ2) is 8.89. The fourth-order valence-corrected chi connectivity index (χ4v) is 4.17. The molecule has 1 aliphatic rings. The van der Waals surface area contributed by atoms with Crippen LogP contribution in [-0.2, 0) is 10.5 Å². The number of hydrogen-bond acceptors (Lipinski definition) is 5. The molecule has 4 rings (SSSR count). The van der Waals surface area contributed by atoms with Crippen LogP contribution in [0.15, 0.2) is 64.5 Å². The number of terminal acetylenes is 1. The normalized spacial score (nSPS) is 15.0. The van der Waals surface area contributed by atoms with E-state index in [4.69, 9.17) is 11.2 Å². The van der Waals surface area contributed by atoms with Crippen molar-refractivity contribution in [2.75, 3.05) is 11.9 Å². The number of thioether (sulfide) groups is 1. The summed E-state index contributed by atoms with van der Waals surface area (Å²) in [4.78, 5) is 32.6. The smallest absolute Gasteiger partial charge is 0.257 e. The minimum Gasteiger partial charge on any atom is -0.481 e. The number of aromatic amines is 1. The average Bonchev–Trinajstić information content (AvgIpc) is 2.76. The molecule has 3 aromatic rings. The Morgan fingerprint density at radius 2 is 1.90 bits per heavy atom. The van der Waals surface area contributed by atoms with Crippen LogP contribution >= 0.6 is 11.8 Å². The van der Waals surface area contributed by atoms with Crippen molar-refractivity contribution in [1.82, 2.24) is 9.97 Å². The Balaban J connectivity index is 1.60. The molecular weight excluding hydrogens is 398 g/mol. The molecular formula is C23H19N3O3S. The van der Waals surface area contributed by atoms with E-state index in [-0.39, 0.29) is 30.4 Å². The number of ether oxygens (including phenoxy) is 1. The van der Waals surface area contributed by atoms with Gasteiger partial charge in [0.2, 0.25) is 5.91 Å². The number of rotatable bonds is 6. The average molecular weight is 417 g/mol. The summed E-state index contributed by atoms with van der Waals surface area (Å²) in [6, 6.07) is 17.2. The second-order valence-corrected chi connectivity index (χ2v) is 7.74. The van der Waals surface area contributed by atoms with Gasteiger partial charge in [-0.1, -0.05) is 60.1 Å². The van der Waals surface area contributed by atoms with E-state index in [0.717, 1.165) is 11.1 Å². The molecule has 30 heavy (non-hydrogen) atoms. The molecule has 2 aromatic carbocycles. The van der Waals surface area contributed by atoms with E-state index in [1.54, 1.807) is 12.1 Å². The van der Waals surface area contributed by atoms with Crippen LogP contribution in [0.4, 0.5) is 5.82 Å². The number of nitrogens with zero attached hydrogens (tertiary/aromatic N) is 1. The van der Waals surface area contributed by atoms with E-state index in [0.29, 0.717) is 28.0 Å². The predicted molar refractivity (Wildman–Crippen MR) is 117 cm³/mol. The fourth-order valence-electron chi connectivity index (χ4n) is 3.35. The van der Waals surface area contributed by atoms with Gasteiger partial charge in [0, 0.05) is 18.1 Å². The number of amides is 1. The monoisotopic (exact) mass is 417 g/mol. The molecule has 0 spiro atoms. The largest absolute Gasteiger partial charge is 0.481 e. The molecule has 1 aliphatic heterocycles. The van der Waals surface area contributed by atoms with Crippen molar-refractivity contribution in [3.05, 3.63) is 81.6 Å². The number of hydrogen-bond donors (Lipinski definition) is 2. The first-order chi connectivity index (χ1) is 14.6. The topological polar surface area (TPSA) is 84.1 Å². The van der Waals surface area contributed by atoms with Gasteiger partial charge in [0.25, 0.3) is 5.56 Å². The molecule has 7 heteroatoms. The minimum absolute atomic E-state index is 0.169. The zero-order valence-electron chi connectivity index (χ0n) is 16.1. The van der Waals surface area contributed by atoms with Gasteiger partial charge in [-0.25, -0.2) is 4.98 Å². The third-order valence-corrected chi connectivity index (χ3v) is 5.70. The first kappa shape index (κ1) is 19.8. The van der Waals surface area contributed by atoms with Crippen LogP contribution in [0, 0.1) is 12.3 Å². The van der Waals surface area contributed by atoms with Crippen molar-refractivity contribution < 1.29 is 9.53 Å². The summed E-state index contributed by atoms with van der Waals surface area (Å²) in [5, 5.41) is 3.22. The first-order valence-corrected chi connectivity index (χ1v) is 10.4. The lowest BCUT2D eigenvalue weighted by Crippen LogP contribution is -2.31. The number of benzene rings is 2. The zero-order valence-corrected chi connectivity index (χ0v) is 16.9. The van der Waals surface area contributed by atoms with Gasteiger partial charge in [-0.15, -0.1) is 6.42 Å². The Hall–Kier alpha value is -3.50. The van der Waals surface area contributed by atoms with E-state index < -0.39 is 0 Å². The van der Waals surface area contributed by atoms with E-state index >= 15 is 0 Å². The maximum absolute atomic E-state index is 12.9. The summed E-state index contributed by atoms with van der Waals surface area (Å²) < 4.78 is 5.39. The summed E-state index contributed by atoms with van der Waals surface area (Å²) in [6.07, 6.45) is 5.39. The highest BCUT2D eigenvalue weighted by atomic mass is 32.2. The molecule has 0 fully saturated rings. The van der Waals surface area contributed by atoms with Crippen LogP contribution in [0.5, 0.6) is 5.75 Å². The highest BCUT2D eigenvalue weighted by Gasteiger charge is 2.31. The summed E-state index contributed by atoms with van der Waals surface area (Å²) in [5.74, 6) is 3.50. The predicted octanol–water partition coefficient (Wildman–Crippen LogP) is 3.55. The highest BCUT2D eigenvalue weighted by molar-refractivity contribution is 7.98. The Morgan fingerprint density at radius 1 is 1.13 bits per heavy atom. The molecule has 0 bridgehead atoms. The SMILES string of the molecule is C#CCOc1ccc([C@H]2CC(=O)Nc3nc(SCc4ccccc4)[nH]c(=O)c32)cc1. The third kappa shape index (κ3) is 4.39. The lowest BCUT2D eigenvalue weighted by Gasteiger charge is -2.24. The number of carbonyl (C=O) groups is 1. The van der Waals surface area contributed by atoms with Gasteiger partial charge < -0.3 is 15.0 Å². The number of fused-ring (bicyclic) bond motifs is 1. The van der Waals surface area contributed by atoms with Crippen molar-refractivity contribution in [3.63, 3.8) is 0 Å². The van der Waals surface area contributed by atoms with Crippen molar-refractivity contribution >= 4 is 23.5 Å². The van der Waals surface area contributed by atoms with Crippen LogP contribution < -0.4 is 15.6 Å². The Bertz CT molecular complexity index is 1150. The molecule has 0 unspecified atom stereocenters. The molecule has 0 saturated carbocycles. The summed E-state index contributed by atoms with van der Waals surface area (Å²) in [5.41, 5.74) is 2.19. The molecule has 2 heterocycles. The molecule has 0 radical (unpaired) electrons. The molecule has 1 aromatic heterocycles. The Labute approximate surface area is 178 Å². The van der Waals surface area contributed by atoms with Crippen molar-refractivity contribution in [2.24, 2.45) is 0 Å². The number of aromatic nitrogens is 2. The first-order valence-electron chi connectivity index (χ1n) is 9.41. The number of anilines is 1. The van der Waals surface area contributed by atoms with Crippen molar-refractivity contribution in [2.45, 2.75) is 23.2 Å². The Kier molecular flexibility index (Phi) is 5.87. The number of carbonyl (C=O) groups excluding carboxylic acids is 1. The summed E-state index contributed by atoms with van der Waals surface area (Å²) in [6.45, 7) is 0.182. The molecule has 0 saturated heterocycles. The van der Waals surface area contributed by atoms with Gasteiger partial charge >= 0.3 is 0 Å². The maximum atomic E-state index is 12.9. The minimum atomic E-state index is -0.375. The van der Waals surface area contributed by atoms with Crippen LogP contribution in [0.1, 0.15) is 29.0 Å². The maximum Gasteiger partial charge on any atom is 0.257 e. The van der Waals surface area contributed by atoms with Crippen LogP contribution in [0.3, 0.4) is 0 Å². The van der Waals surface area contributed by atoms with E-state index in [9.17, 15) is 9.59 Å². The fraction of sp³-hybridized carbons (Fsp3) is 0.174. The number of H-pyrrole nitrogens is 1. The van der Waals surface area contributed by atoms with Gasteiger partial charge in [-0.05, 0) is 23.3 Å². The van der Waals surface area contributed by atoms with E-state index in [1.807, 2.05) is 42.5 Å². The van der Waals surface area contributed by atoms with Gasteiger partial charge in [-0.3, -0.25) is 9.59 Å². The highest BCUT2D eigenvalue weighted by Crippen LogP contribution is 2.35. The lowest BCUT2D eigenvalue weighted by molar-refractivity contribution is -0.116. The van der Waals surface area contributed by atoms with Crippen LogP contribution in [0.2, 0.25) is 0 Å². The molecule has 6 nitrogen and oxygen atoms in total. The molecule has 1 amide bonds. The Morgan fingerprint density at radius 3 is 2.63 bits per heavy atom. The molecule has 0 aliphatic carbocycles. The van der Waals surface area contributed by atoms with Gasteiger partial charge in [0.1, 0.15) is 18.2 Å². The van der Waals surface area contributed by atoms with Crippen molar-refractivity contribution in [1.29, 1.82) is 0 Å². The van der Waals surface area contributed by atoms with Gasteiger partial charge in [0.05, 0.1) is 5.56 Å². The van der Waals surface area contributed by atoms with Gasteiger partial charge in [-0.2, -0.15) is 0 Å². The van der Waals surface area contributed by atoms with Crippen molar-refractivity contribution in [3.8, 4) is 18.1 Å². The quantitative estimate of drug-likeness (QED) is 0.364. The number of nitrogens with one attached hydrogen (secondary N) is 2. The standard InChI is InChI=1S/C23H19N3O3S/c1-2-12-29-17-10-8-16(9-11-17)18-13-19(27)24-21-20(18)22(28)26-23(25-21)30-14-15-6-4-3-5-7-15/h1,3-11,18H,12-14H2,(H2,24,25,26,27,28)/t18-/m1/s1.